The average molecular weight is 318 g/mol. The summed E-state index contributed by atoms with van der Waals surface area (Å²) in [5.41, 5.74) is 0. The molecule has 9 heteroatoms. The van der Waals surface area contributed by atoms with Gasteiger partial charge in [0.1, 0.15) is 24.8 Å². The van der Waals surface area contributed by atoms with E-state index in [1.165, 1.54) is 0 Å². The van der Waals surface area contributed by atoms with E-state index in [1.54, 1.807) is 0 Å². The Morgan fingerprint density at radius 3 is 1.38 bits per heavy atom. The van der Waals surface area contributed by atoms with Crippen LogP contribution in [0.25, 0.3) is 0 Å². The van der Waals surface area contributed by atoms with Gasteiger partial charge in [-0.3, -0.25) is 0 Å². The Balaban J connectivity index is 0.000000296. The summed E-state index contributed by atoms with van der Waals surface area (Å²) >= 11 is 0. The lowest BCUT2D eigenvalue weighted by Gasteiger charge is -2.19. The van der Waals surface area contributed by atoms with Gasteiger partial charge in [0.25, 0.3) is 0 Å². The number of rotatable bonds is 2. The average Bonchev–Trinajstić information content (AvgIpc) is 2.96. The molecule has 0 saturated carbocycles. The second kappa shape index (κ2) is 9.46. The summed E-state index contributed by atoms with van der Waals surface area (Å²) in [6.07, 6.45) is 12.3. The first kappa shape index (κ1) is 19.5. The summed E-state index contributed by atoms with van der Waals surface area (Å²) < 4.78 is 17.0. The van der Waals surface area contributed by atoms with Crippen molar-refractivity contribution in [1.29, 1.82) is 0 Å². The molecule has 0 spiro atoms. The molecule has 2 heterocycles. The summed E-state index contributed by atoms with van der Waals surface area (Å²) in [6, 6.07) is 0. The molecule has 0 amide bonds. The highest BCUT2D eigenvalue weighted by atomic mass is 31.2. The van der Waals surface area contributed by atoms with Crippen LogP contribution in [-0.2, 0) is 31.7 Å². The molecule has 0 aromatic carbocycles. The normalized spacial score (nSPS) is 10.2. The van der Waals surface area contributed by atoms with E-state index in [4.69, 9.17) is 19.2 Å². The molecule has 2 aromatic heterocycles. The van der Waals surface area contributed by atoms with Crippen LogP contribution in [0.4, 0.5) is 0 Å². The van der Waals surface area contributed by atoms with Gasteiger partial charge in [0.15, 0.2) is 0 Å². The van der Waals surface area contributed by atoms with Crippen molar-refractivity contribution >= 4 is 7.82 Å². The first-order valence-corrected chi connectivity index (χ1v) is 7.92. The van der Waals surface area contributed by atoms with Crippen LogP contribution < -0.4 is 18.9 Å². The lowest BCUT2D eigenvalue weighted by Crippen LogP contribution is -2.23. The van der Waals surface area contributed by atoms with Gasteiger partial charge in [0.2, 0.25) is 12.7 Å². The largest absolute Gasteiger partial charge is 0.790 e. The Labute approximate surface area is 124 Å². The molecule has 2 rings (SSSR count). The molecule has 21 heavy (non-hydrogen) atoms. The number of aromatic nitrogens is 4. The maximum atomic E-state index is 8.66. The van der Waals surface area contributed by atoms with Crippen molar-refractivity contribution in [3.05, 3.63) is 37.4 Å². The minimum absolute atomic E-state index is 1.06. The SMILES string of the molecule is CCn1cc[n+](C)c1.CCn1cc[n+](C)c1.O=P([O-])([O-])O. The van der Waals surface area contributed by atoms with Crippen LogP contribution in [-0.4, -0.2) is 14.0 Å². The van der Waals surface area contributed by atoms with Crippen molar-refractivity contribution in [2.75, 3.05) is 0 Å². The zero-order valence-corrected chi connectivity index (χ0v) is 13.7. The van der Waals surface area contributed by atoms with Crippen LogP contribution in [0.15, 0.2) is 37.4 Å². The molecule has 1 N–H and O–H groups in total. The number of hydrogen-bond donors (Lipinski definition) is 1. The Morgan fingerprint density at radius 1 is 1.00 bits per heavy atom. The van der Waals surface area contributed by atoms with E-state index in [9.17, 15) is 0 Å². The summed E-state index contributed by atoms with van der Waals surface area (Å²) in [7, 11) is -1.10. The first-order valence-electron chi connectivity index (χ1n) is 6.42. The van der Waals surface area contributed by atoms with Gasteiger partial charge >= 0.3 is 0 Å². The fraction of sp³-hybridized carbons (Fsp3) is 0.500. The van der Waals surface area contributed by atoms with Gasteiger partial charge in [0.05, 0.1) is 35.0 Å². The van der Waals surface area contributed by atoms with Crippen LogP contribution in [0.2, 0.25) is 0 Å². The third-order valence-electron chi connectivity index (χ3n) is 2.38. The van der Waals surface area contributed by atoms with Crippen LogP contribution >= 0.6 is 7.82 Å². The maximum Gasteiger partial charge on any atom is 0.243 e. The molecule has 0 radical (unpaired) electrons. The Hall–Kier alpha value is -1.47. The summed E-state index contributed by atoms with van der Waals surface area (Å²) in [5, 5.41) is 0. The van der Waals surface area contributed by atoms with Gasteiger partial charge in [-0.25, -0.2) is 18.3 Å². The smallest absolute Gasteiger partial charge is 0.243 e. The predicted molar refractivity (Wildman–Crippen MR) is 72.4 cm³/mol. The quantitative estimate of drug-likeness (QED) is 0.536. The zero-order valence-electron chi connectivity index (χ0n) is 12.8. The number of nitrogens with zero attached hydrogens (tertiary/aromatic N) is 4. The van der Waals surface area contributed by atoms with E-state index in [1.807, 2.05) is 35.6 Å². The summed E-state index contributed by atoms with van der Waals surface area (Å²) in [6.45, 7) is 6.36. The molecule has 0 saturated heterocycles. The highest BCUT2D eigenvalue weighted by molar-refractivity contribution is 7.42. The van der Waals surface area contributed by atoms with Gasteiger partial charge < -0.3 is 19.2 Å². The molecule has 0 aliphatic carbocycles. The molecule has 120 valence electrons. The van der Waals surface area contributed by atoms with E-state index in [2.05, 4.69) is 48.0 Å². The van der Waals surface area contributed by atoms with E-state index in [0.717, 1.165) is 13.1 Å². The monoisotopic (exact) mass is 318 g/mol. The highest BCUT2D eigenvalue weighted by Gasteiger charge is 1.92. The fourth-order valence-electron chi connectivity index (χ4n) is 1.38. The van der Waals surface area contributed by atoms with Crippen molar-refractivity contribution in [1.82, 2.24) is 9.13 Å². The van der Waals surface area contributed by atoms with Crippen LogP contribution in [0.5, 0.6) is 0 Å². The molecule has 0 bridgehead atoms. The number of aryl methyl sites for hydroxylation is 4. The Bertz CT molecular complexity index is 513. The van der Waals surface area contributed by atoms with Crippen LogP contribution in [0.3, 0.4) is 0 Å². The molecule has 8 nitrogen and oxygen atoms in total. The minimum Gasteiger partial charge on any atom is -0.790 e. The van der Waals surface area contributed by atoms with Gasteiger partial charge in [0, 0.05) is 0 Å². The van der Waals surface area contributed by atoms with Gasteiger partial charge in [-0.1, -0.05) is 0 Å². The molecular formula is C12H23N4O4P. The van der Waals surface area contributed by atoms with Crippen molar-refractivity contribution in [2.24, 2.45) is 14.1 Å². The molecule has 0 atom stereocenters. The molecular weight excluding hydrogens is 295 g/mol. The lowest BCUT2D eigenvalue weighted by atomic mass is 10.7. The van der Waals surface area contributed by atoms with Gasteiger partial charge in [-0.05, 0) is 13.8 Å². The van der Waals surface area contributed by atoms with E-state index >= 15 is 0 Å². The number of imidazole rings is 2. The van der Waals surface area contributed by atoms with Gasteiger partial charge in [-0.15, -0.1) is 0 Å². The molecule has 0 fully saturated rings. The van der Waals surface area contributed by atoms with Crippen molar-refractivity contribution in [3.8, 4) is 0 Å². The molecule has 0 aliphatic rings. The molecule has 0 aliphatic heterocycles. The van der Waals surface area contributed by atoms with Gasteiger partial charge in [-0.2, -0.15) is 0 Å². The topological polar surface area (TPSA) is 101 Å². The van der Waals surface area contributed by atoms with Crippen molar-refractivity contribution < 1.29 is 28.4 Å². The lowest BCUT2D eigenvalue weighted by molar-refractivity contribution is -0.671. The van der Waals surface area contributed by atoms with E-state index < -0.39 is 7.82 Å². The maximum absolute atomic E-state index is 8.66. The third-order valence-corrected chi connectivity index (χ3v) is 2.38. The molecule has 2 aromatic rings. The third kappa shape index (κ3) is 12.0. The van der Waals surface area contributed by atoms with Crippen LogP contribution in [0, 0.1) is 0 Å². The first-order chi connectivity index (χ1) is 9.65. The van der Waals surface area contributed by atoms with Crippen LogP contribution in [0.1, 0.15) is 13.8 Å². The van der Waals surface area contributed by atoms with E-state index in [-0.39, 0.29) is 0 Å². The number of hydrogen-bond acceptors (Lipinski definition) is 3. The Kier molecular flexibility index (Phi) is 8.80. The van der Waals surface area contributed by atoms with Crippen molar-refractivity contribution in [2.45, 2.75) is 26.9 Å². The minimum atomic E-state index is -5.14. The second-order valence-electron chi connectivity index (χ2n) is 4.29. The van der Waals surface area contributed by atoms with Crippen molar-refractivity contribution in [3.63, 3.8) is 0 Å². The number of phosphoric acid groups is 1. The summed E-state index contributed by atoms with van der Waals surface area (Å²) in [4.78, 5) is 24.3. The summed E-state index contributed by atoms with van der Waals surface area (Å²) in [5.74, 6) is 0. The highest BCUT2D eigenvalue weighted by Crippen LogP contribution is 2.11. The van der Waals surface area contributed by atoms with E-state index in [0.29, 0.717) is 0 Å². The Morgan fingerprint density at radius 2 is 1.29 bits per heavy atom. The predicted octanol–water partition coefficient (Wildman–Crippen LogP) is -1.53. The standard InChI is InChI=1S/2C6H11N2.H3O4P/c2*1-3-8-5-4-7(2)6-8;1-5(2,3)4/h2*4-6H,3H2,1-2H3;(H3,1,2,3,4)/q2*+1;/p-2. The molecule has 0 unspecified atom stereocenters. The fourth-order valence-corrected chi connectivity index (χ4v) is 1.38. The second-order valence-corrected chi connectivity index (χ2v) is 5.22. The zero-order chi connectivity index (χ0) is 16.5.